The highest BCUT2D eigenvalue weighted by Gasteiger charge is 2.17. The summed E-state index contributed by atoms with van der Waals surface area (Å²) in [6.45, 7) is 1.83. The normalized spacial score (nSPS) is 11.9. The Hall–Kier alpha value is -1.31. The molecule has 2 N–H and O–H groups in total. The molecule has 1 aromatic carbocycles. The van der Waals surface area contributed by atoms with Crippen molar-refractivity contribution in [2.45, 2.75) is 16.5 Å². The van der Waals surface area contributed by atoms with E-state index in [4.69, 9.17) is 11.6 Å². The van der Waals surface area contributed by atoms with E-state index in [1.165, 1.54) is 23.1 Å². The lowest BCUT2D eigenvalue weighted by molar-refractivity contribution is -0.115. The van der Waals surface area contributed by atoms with Gasteiger partial charge in [0, 0.05) is 17.8 Å². The minimum absolute atomic E-state index is 0.0847. The average molecular weight is 329 g/mol. The van der Waals surface area contributed by atoms with E-state index >= 15 is 0 Å². The number of thioether (sulfide) groups is 1. The van der Waals surface area contributed by atoms with Crippen LogP contribution in [-0.2, 0) is 4.79 Å². The molecule has 0 unspecified atom stereocenters. The molecule has 106 valence electrons. The Morgan fingerprint density at radius 3 is 2.65 bits per heavy atom. The highest BCUT2D eigenvalue weighted by molar-refractivity contribution is 8.02. The SMILES string of the molecule is CNc1nnc(S[C@H](C)C(=O)Nc2ccc(Cl)cc2)s1. The molecule has 0 aliphatic heterocycles. The van der Waals surface area contributed by atoms with Gasteiger partial charge in [-0.05, 0) is 31.2 Å². The van der Waals surface area contributed by atoms with Crippen molar-refractivity contribution in [1.29, 1.82) is 0 Å². The Balaban J connectivity index is 1.93. The molecule has 0 aliphatic carbocycles. The summed E-state index contributed by atoms with van der Waals surface area (Å²) in [5, 5.41) is 14.8. The van der Waals surface area contributed by atoms with Gasteiger partial charge in [-0.2, -0.15) is 0 Å². The zero-order chi connectivity index (χ0) is 14.5. The lowest BCUT2D eigenvalue weighted by Gasteiger charge is -2.10. The second kappa shape index (κ2) is 6.92. The number of halogens is 1. The summed E-state index contributed by atoms with van der Waals surface area (Å²) in [5.74, 6) is -0.0847. The molecule has 0 fully saturated rings. The van der Waals surface area contributed by atoms with E-state index in [1.54, 1.807) is 31.3 Å². The van der Waals surface area contributed by atoms with Crippen LogP contribution in [0.25, 0.3) is 0 Å². The van der Waals surface area contributed by atoms with Gasteiger partial charge in [0.2, 0.25) is 11.0 Å². The van der Waals surface area contributed by atoms with Gasteiger partial charge < -0.3 is 10.6 Å². The van der Waals surface area contributed by atoms with Crippen molar-refractivity contribution in [2.75, 3.05) is 17.7 Å². The van der Waals surface area contributed by atoms with Gasteiger partial charge in [0.1, 0.15) is 0 Å². The second-order valence-electron chi connectivity index (χ2n) is 3.88. The fraction of sp³-hybridized carbons (Fsp3) is 0.250. The van der Waals surface area contributed by atoms with Crippen molar-refractivity contribution in [3.8, 4) is 0 Å². The van der Waals surface area contributed by atoms with Crippen LogP contribution in [0.15, 0.2) is 28.6 Å². The molecular formula is C12H13ClN4OS2. The van der Waals surface area contributed by atoms with Crippen LogP contribution in [0.3, 0.4) is 0 Å². The first-order valence-corrected chi connectivity index (χ1v) is 7.90. The third-order valence-electron chi connectivity index (χ3n) is 2.38. The third kappa shape index (κ3) is 4.09. The summed E-state index contributed by atoms with van der Waals surface area (Å²) >= 11 is 8.59. The average Bonchev–Trinajstić information content (AvgIpc) is 2.89. The fourth-order valence-electron chi connectivity index (χ4n) is 1.34. The van der Waals surface area contributed by atoms with E-state index in [1.807, 2.05) is 6.92 Å². The van der Waals surface area contributed by atoms with Gasteiger partial charge in [0.25, 0.3) is 0 Å². The van der Waals surface area contributed by atoms with Gasteiger partial charge >= 0.3 is 0 Å². The number of hydrogen-bond donors (Lipinski definition) is 2. The molecule has 8 heteroatoms. The number of aromatic nitrogens is 2. The van der Waals surface area contributed by atoms with Crippen LogP contribution in [0.4, 0.5) is 10.8 Å². The third-order valence-corrected chi connectivity index (χ3v) is 4.76. The Bertz CT molecular complexity index is 587. The molecular weight excluding hydrogens is 316 g/mol. The van der Waals surface area contributed by atoms with Crippen LogP contribution in [0.1, 0.15) is 6.92 Å². The van der Waals surface area contributed by atoms with E-state index in [2.05, 4.69) is 20.8 Å². The van der Waals surface area contributed by atoms with Crippen molar-refractivity contribution < 1.29 is 4.79 Å². The molecule has 0 bridgehead atoms. The maximum absolute atomic E-state index is 12.1. The molecule has 1 atom stereocenters. The molecule has 20 heavy (non-hydrogen) atoms. The van der Waals surface area contributed by atoms with Crippen molar-refractivity contribution in [3.05, 3.63) is 29.3 Å². The lowest BCUT2D eigenvalue weighted by atomic mass is 10.3. The summed E-state index contributed by atoms with van der Waals surface area (Å²) in [4.78, 5) is 12.1. The Labute approximate surface area is 130 Å². The summed E-state index contributed by atoms with van der Waals surface area (Å²) in [6.07, 6.45) is 0. The smallest absolute Gasteiger partial charge is 0.237 e. The van der Waals surface area contributed by atoms with Crippen LogP contribution < -0.4 is 10.6 Å². The van der Waals surface area contributed by atoms with Gasteiger partial charge in [-0.25, -0.2) is 0 Å². The number of carbonyl (C=O) groups excluding carboxylic acids is 1. The number of rotatable bonds is 5. The summed E-state index contributed by atoms with van der Waals surface area (Å²) in [6, 6.07) is 7.00. The topological polar surface area (TPSA) is 66.9 Å². The van der Waals surface area contributed by atoms with Gasteiger partial charge in [-0.3, -0.25) is 4.79 Å². The van der Waals surface area contributed by atoms with E-state index in [9.17, 15) is 4.79 Å². The van der Waals surface area contributed by atoms with Crippen LogP contribution in [0.5, 0.6) is 0 Å². The largest absolute Gasteiger partial charge is 0.363 e. The molecule has 2 aromatic rings. The predicted octanol–water partition coefficient (Wildman–Crippen LogP) is 3.35. The van der Waals surface area contributed by atoms with Crippen LogP contribution in [0.2, 0.25) is 5.02 Å². The van der Waals surface area contributed by atoms with E-state index in [0.717, 1.165) is 15.2 Å². The standard InChI is InChI=1S/C12H13ClN4OS2/c1-7(19-12-17-16-11(14-2)20-12)10(18)15-9-5-3-8(13)4-6-9/h3-7H,1-2H3,(H,14,16)(H,15,18)/t7-/m1/s1. The Morgan fingerprint density at radius 1 is 1.35 bits per heavy atom. The Morgan fingerprint density at radius 2 is 2.05 bits per heavy atom. The van der Waals surface area contributed by atoms with Gasteiger partial charge in [0.05, 0.1) is 5.25 Å². The molecule has 0 saturated heterocycles. The number of amides is 1. The number of carbonyl (C=O) groups is 1. The molecule has 1 heterocycles. The van der Waals surface area contributed by atoms with Crippen LogP contribution in [0, 0.1) is 0 Å². The zero-order valence-corrected chi connectivity index (χ0v) is 13.3. The molecule has 1 amide bonds. The van der Waals surface area contributed by atoms with Gasteiger partial charge in [-0.15, -0.1) is 10.2 Å². The van der Waals surface area contributed by atoms with E-state index in [0.29, 0.717) is 5.02 Å². The number of anilines is 2. The molecule has 1 aromatic heterocycles. The van der Waals surface area contributed by atoms with E-state index < -0.39 is 0 Å². The minimum atomic E-state index is -0.261. The fourth-order valence-corrected chi connectivity index (χ4v) is 3.32. The summed E-state index contributed by atoms with van der Waals surface area (Å²) in [5.41, 5.74) is 0.722. The maximum Gasteiger partial charge on any atom is 0.237 e. The van der Waals surface area contributed by atoms with E-state index in [-0.39, 0.29) is 11.2 Å². The van der Waals surface area contributed by atoms with Crippen molar-refractivity contribution in [2.24, 2.45) is 0 Å². The predicted molar refractivity (Wildman–Crippen MR) is 84.9 cm³/mol. The molecule has 0 aliphatic rings. The molecule has 0 spiro atoms. The highest BCUT2D eigenvalue weighted by atomic mass is 35.5. The van der Waals surface area contributed by atoms with Crippen LogP contribution >= 0.6 is 34.7 Å². The van der Waals surface area contributed by atoms with Crippen molar-refractivity contribution >= 4 is 51.4 Å². The first-order valence-electron chi connectivity index (χ1n) is 5.83. The van der Waals surface area contributed by atoms with Crippen LogP contribution in [-0.4, -0.2) is 28.4 Å². The number of hydrogen-bond acceptors (Lipinski definition) is 6. The monoisotopic (exact) mass is 328 g/mol. The Kier molecular flexibility index (Phi) is 5.22. The maximum atomic E-state index is 12.1. The van der Waals surface area contributed by atoms with Crippen molar-refractivity contribution in [3.63, 3.8) is 0 Å². The lowest BCUT2D eigenvalue weighted by Crippen LogP contribution is -2.22. The zero-order valence-electron chi connectivity index (χ0n) is 10.9. The quantitative estimate of drug-likeness (QED) is 0.824. The molecule has 5 nitrogen and oxygen atoms in total. The molecule has 0 radical (unpaired) electrons. The number of benzene rings is 1. The van der Waals surface area contributed by atoms with Gasteiger partial charge in [0.15, 0.2) is 4.34 Å². The summed E-state index contributed by atoms with van der Waals surface area (Å²) in [7, 11) is 1.78. The van der Waals surface area contributed by atoms with Gasteiger partial charge in [-0.1, -0.05) is 34.7 Å². The minimum Gasteiger partial charge on any atom is -0.363 e. The van der Waals surface area contributed by atoms with Crippen molar-refractivity contribution in [1.82, 2.24) is 10.2 Å². The first-order chi connectivity index (χ1) is 9.58. The first kappa shape index (κ1) is 15.1. The number of nitrogens with one attached hydrogen (secondary N) is 2. The second-order valence-corrected chi connectivity index (χ2v) is 6.88. The number of nitrogens with zero attached hydrogens (tertiary/aromatic N) is 2. The molecule has 2 rings (SSSR count). The molecule has 0 saturated carbocycles. The highest BCUT2D eigenvalue weighted by Crippen LogP contribution is 2.29. The summed E-state index contributed by atoms with van der Waals surface area (Å²) < 4.78 is 0.758.